The summed E-state index contributed by atoms with van der Waals surface area (Å²) in [5, 5.41) is 0. The van der Waals surface area contributed by atoms with Gasteiger partial charge in [0.2, 0.25) is 5.91 Å². The molecule has 2 aromatic rings. The fraction of sp³-hybridized carbons (Fsp3) is 0.400. The molecule has 0 spiro atoms. The van der Waals surface area contributed by atoms with E-state index in [2.05, 4.69) is 31.2 Å². The van der Waals surface area contributed by atoms with Crippen molar-refractivity contribution in [2.75, 3.05) is 13.1 Å². The van der Waals surface area contributed by atoms with E-state index < -0.39 is 0 Å². The quantitative estimate of drug-likeness (QED) is 0.868. The van der Waals surface area contributed by atoms with Crippen LogP contribution < -0.4 is 5.56 Å². The molecule has 3 rings (SSSR count). The summed E-state index contributed by atoms with van der Waals surface area (Å²) in [6.45, 7) is 4.19. The minimum Gasteiger partial charge on any atom is -0.342 e. The smallest absolute Gasteiger partial charge is 0.250 e. The van der Waals surface area contributed by atoms with Crippen LogP contribution in [0, 0.1) is 6.92 Å². The van der Waals surface area contributed by atoms with Gasteiger partial charge in [0.05, 0.1) is 0 Å². The Morgan fingerprint density at radius 3 is 2.75 bits per heavy atom. The van der Waals surface area contributed by atoms with Crippen molar-refractivity contribution in [3.63, 3.8) is 0 Å². The van der Waals surface area contributed by atoms with E-state index in [9.17, 15) is 9.59 Å². The highest BCUT2D eigenvalue weighted by Gasteiger charge is 2.25. The van der Waals surface area contributed by atoms with Crippen molar-refractivity contribution < 1.29 is 4.79 Å². The van der Waals surface area contributed by atoms with Gasteiger partial charge >= 0.3 is 0 Å². The molecule has 1 aliphatic heterocycles. The van der Waals surface area contributed by atoms with Crippen molar-refractivity contribution in [2.24, 2.45) is 0 Å². The monoisotopic (exact) mass is 324 g/mol. The first-order valence-electron chi connectivity index (χ1n) is 8.64. The van der Waals surface area contributed by atoms with Crippen LogP contribution in [0.5, 0.6) is 0 Å². The van der Waals surface area contributed by atoms with Crippen molar-refractivity contribution in [2.45, 2.75) is 38.6 Å². The van der Waals surface area contributed by atoms with Gasteiger partial charge in [0.1, 0.15) is 0 Å². The second kappa shape index (κ2) is 7.47. The van der Waals surface area contributed by atoms with E-state index in [0.717, 1.165) is 25.9 Å². The highest BCUT2D eigenvalue weighted by atomic mass is 16.2. The number of aromatic nitrogens is 1. The average Bonchev–Trinajstić information content (AvgIpc) is 2.61. The van der Waals surface area contributed by atoms with Gasteiger partial charge in [-0.05, 0) is 37.0 Å². The topological polar surface area (TPSA) is 42.3 Å². The van der Waals surface area contributed by atoms with E-state index in [1.165, 1.54) is 17.2 Å². The third kappa shape index (κ3) is 3.75. The molecule has 0 radical (unpaired) electrons. The Hall–Kier alpha value is -2.36. The molecular weight excluding hydrogens is 300 g/mol. The van der Waals surface area contributed by atoms with Crippen molar-refractivity contribution in [3.8, 4) is 0 Å². The normalized spacial score (nSPS) is 17.7. The minimum atomic E-state index is -0.0540. The fourth-order valence-corrected chi connectivity index (χ4v) is 3.52. The molecule has 1 saturated heterocycles. The molecule has 4 nitrogen and oxygen atoms in total. The van der Waals surface area contributed by atoms with Crippen LogP contribution in [-0.2, 0) is 11.3 Å². The Labute approximate surface area is 142 Å². The zero-order valence-electron chi connectivity index (χ0n) is 14.1. The molecule has 0 saturated carbocycles. The number of aryl methyl sites for hydroxylation is 2. The summed E-state index contributed by atoms with van der Waals surface area (Å²) in [6.07, 6.45) is 4.29. The largest absolute Gasteiger partial charge is 0.342 e. The Morgan fingerprint density at radius 1 is 1.17 bits per heavy atom. The van der Waals surface area contributed by atoms with Crippen LogP contribution in [0.15, 0.2) is 53.5 Å². The molecule has 1 amide bonds. The predicted molar refractivity (Wildman–Crippen MR) is 95.1 cm³/mol. The summed E-state index contributed by atoms with van der Waals surface area (Å²) in [7, 11) is 0. The van der Waals surface area contributed by atoms with Crippen LogP contribution in [0.3, 0.4) is 0 Å². The van der Waals surface area contributed by atoms with E-state index >= 15 is 0 Å². The summed E-state index contributed by atoms with van der Waals surface area (Å²) in [5.41, 5.74) is 2.60. The molecule has 24 heavy (non-hydrogen) atoms. The number of nitrogens with zero attached hydrogens (tertiary/aromatic N) is 2. The molecule has 1 aromatic heterocycles. The van der Waals surface area contributed by atoms with Gasteiger partial charge < -0.3 is 9.47 Å². The molecule has 126 valence electrons. The summed E-state index contributed by atoms with van der Waals surface area (Å²) in [6, 6.07) is 13.5. The van der Waals surface area contributed by atoms with E-state index in [-0.39, 0.29) is 11.5 Å². The Kier molecular flexibility index (Phi) is 5.14. The van der Waals surface area contributed by atoms with Crippen LogP contribution in [0.2, 0.25) is 0 Å². The summed E-state index contributed by atoms with van der Waals surface area (Å²) in [4.78, 5) is 26.2. The standard InChI is InChI=1S/C20H24N2O2/c1-16-7-2-3-9-18(16)17-8-6-13-22(15-17)20(24)11-14-21-12-5-4-10-19(21)23/h2-5,7,9-10,12,17H,6,8,11,13-15H2,1H3/t17-/m0/s1. The highest BCUT2D eigenvalue weighted by Crippen LogP contribution is 2.29. The minimum absolute atomic E-state index is 0.0540. The zero-order valence-corrected chi connectivity index (χ0v) is 14.1. The van der Waals surface area contributed by atoms with Crippen LogP contribution in [0.4, 0.5) is 0 Å². The fourth-order valence-electron chi connectivity index (χ4n) is 3.52. The van der Waals surface area contributed by atoms with Gasteiger partial charge in [-0.25, -0.2) is 0 Å². The lowest BCUT2D eigenvalue weighted by molar-refractivity contribution is -0.132. The third-order valence-electron chi connectivity index (χ3n) is 4.87. The number of carbonyl (C=O) groups excluding carboxylic acids is 1. The molecule has 1 aliphatic rings. The maximum absolute atomic E-state index is 12.6. The van der Waals surface area contributed by atoms with Crippen molar-refractivity contribution in [3.05, 3.63) is 70.1 Å². The van der Waals surface area contributed by atoms with Gasteiger partial charge in [0.15, 0.2) is 0 Å². The Bertz CT molecular complexity index is 766. The lowest BCUT2D eigenvalue weighted by Gasteiger charge is -2.34. The summed E-state index contributed by atoms with van der Waals surface area (Å²) < 4.78 is 1.60. The second-order valence-electron chi connectivity index (χ2n) is 6.52. The number of benzene rings is 1. The maximum atomic E-state index is 12.6. The first-order valence-corrected chi connectivity index (χ1v) is 8.64. The molecule has 4 heteroatoms. The van der Waals surface area contributed by atoms with Crippen molar-refractivity contribution in [1.29, 1.82) is 0 Å². The third-order valence-corrected chi connectivity index (χ3v) is 4.87. The van der Waals surface area contributed by atoms with Crippen molar-refractivity contribution >= 4 is 5.91 Å². The molecule has 1 aromatic carbocycles. The summed E-state index contributed by atoms with van der Waals surface area (Å²) in [5.74, 6) is 0.562. The highest BCUT2D eigenvalue weighted by molar-refractivity contribution is 5.76. The van der Waals surface area contributed by atoms with Gasteiger partial charge in [-0.15, -0.1) is 0 Å². The van der Waals surface area contributed by atoms with Crippen molar-refractivity contribution in [1.82, 2.24) is 9.47 Å². The molecule has 0 bridgehead atoms. The van der Waals surface area contributed by atoms with Crippen LogP contribution >= 0.6 is 0 Å². The predicted octanol–water partition coefficient (Wildman–Crippen LogP) is 2.95. The van der Waals surface area contributed by atoms with E-state index in [4.69, 9.17) is 0 Å². The summed E-state index contributed by atoms with van der Waals surface area (Å²) >= 11 is 0. The molecular formula is C20H24N2O2. The van der Waals surface area contributed by atoms with E-state index in [1.54, 1.807) is 16.8 Å². The van der Waals surface area contributed by atoms with Gasteiger partial charge in [0, 0.05) is 44.2 Å². The maximum Gasteiger partial charge on any atom is 0.250 e. The number of pyridine rings is 1. The number of amides is 1. The lowest BCUT2D eigenvalue weighted by atomic mass is 9.88. The molecule has 1 atom stereocenters. The molecule has 2 heterocycles. The number of carbonyl (C=O) groups is 1. The SMILES string of the molecule is Cc1ccccc1[C@H]1CCCN(C(=O)CCn2ccccc2=O)C1. The molecule has 1 fully saturated rings. The van der Waals surface area contributed by atoms with E-state index in [1.807, 2.05) is 11.0 Å². The van der Waals surface area contributed by atoms with Crippen LogP contribution in [0.1, 0.15) is 36.3 Å². The van der Waals surface area contributed by atoms with Gasteiger partial charge in [0.25, 0.3) is 5.56 Å². The number of rotatable bonds is 4. The second-order valence-corrected chi connectivity index (χ2v) is 6.52. The van der Waals surface area contributed by atoms with Gasteiger partial charge in [-0.2, -0.15) is 0 Å². The Morgan fingerprint density at radius 2 is 1.96 bits per heavy atom. The number of hydrogen-bond acceptors (Lipinski definition) is 2. The van der Waals surface area contributed by atoms with E-state index in [0.29, 0.717) is 18.9 Å². The first kappa shape index (κ1) is 16.5. The molecule has 0 aliphatic carbocycles. The number of piperidine rings is 1. The average molecular weight is 324 g/mol. The van der Waals surface area contributed by atoms with Gasteiger partial charge in [-0.1, -0.05) is 30.3 Å². The molecule has 0 N–H and O–H groups in total. The number of hydrogen-bond donors (Lipinski definition) is 0. The zero-order chi connectivity index (χ0) is 16.9. The van der Waals surface area contributed by atoms with Gasteiger partial charge in [-0.3, -0.25) is 9.59 Å². The Balaban J connectivity index is 1.62. The number of likely N-dealkylation sites (tertiary alicyclic amines) is 1. The van der Waals surface area contributed by atoms with Crippen LogP contribution in [-0.4, -0.2) is 28.5 Å². The van der Waals surface area contributed by atoms with Crippen LogP contribution in [0.25, 0.3) is 0 Å². The lowest BCUT2D eigenvalue weighted by Crippen LogP contribution is -2.39. The molecule has 0 unspecified atom stereocenters. The first-order chi connectivity index (χ1) is 11.6.